The summed E-state index contributed by atoms with van der Waals surface area (Å²) in [6, 6.07) is 0.649. The normalized spacial score (nSPS) is 16.1. The van der Waals surface area contributed by atoms with E-state index in [9.17, 15) is 0 Å². The summed E-state index contributed by atoms with van der Waals surface area (Å²) in [6.45, 7) is 6.36. The Morgan fingerprint density at radius 2 is 1.78 bits per heavy atom. The molecule has 1 aromatic rings. The van der Waals surface area contributed by atoms with Crippen LogP contribution in [-0.4, -0.2) is 36.1 Å². The Morgan fingerprint density at radius 3 is 2.22 bits per heavy atom. The highest BCUT2D eigenvalue weighted by atomic mass is 15.2. The number of nitrogens with zero attached hydrogens (tertiary/aromatic N) is 3. The molecule has 0 bridgehead atoms. The van der Waals surface area contributed by atoms with Crippen molar-refractivity contribution in [2.75, 3.05) is 30.8 Å². The minimum Gasteiger partial charge on any atom is -0.369 e. The lowest BCUT2D eigenvalue weighted by atomic mass is 10.1. The second-order valence-corrected chi connectivity index (χ2v) is 4.56. The minimum atomic E-state index is 0.337. The Balaban J connectivity index is 0.000000492. The van der Waals surface area contributed by atoms with Gasteiger partial charge in [0.1, 0.15) is 0 Å². The molecule has 5 nitrogen and oxygen atoms in total. The van der Waals surface area contributed by atoms with E-state index in [-0.39, 0.29) is 0 Å². The molecule has 5 heteroatoms. The number of nitrogens with two attached hydrogens (primary N) is 1. The lowest BCUT2D eigenvalue weighted by molar-refractivity contribution is 0.442. The first-order valence-electron chi connectivity index (χ1n) is 6.71. The molecule has 0 saturated carbocycles. The van der Waals surface area contributed by atoms with Crippen molar-refractivity contribution in [1.82, 2.24) is 15.3 Å². The molecule has 2 rings (SSSR count). The number of hydrogen-bond donors (Lipinski definition) is 2. The van der Waals surface area contributed by atoms with Gasteiger partial charge in [0, 0.05) is 19.1 Å². The number of nitrogen functional groups attached to an aromatic ring is 1. The maximum atomic E-state index is 5.45. The van der Waals surface area contributed by atoms with Crippen molar-refractivity contribution in [3.63, 3.8) is 0 Å². The van der Waals surface area contributed by atoms with E-state index < -0.39 is 0 Å². The van der Waals surface area contributed by atoms with Gasteiger partial charge in [-0.1, -0.05) is 20.3 Å². The van der Waals surface area contributed by atoms with E-state index in [2.05, 4.69) is 34.0 Å². The van der Waals surface area contributed by atoms with Crippen molar-refractivity contribution in [3.05, 3.63) is 12.4 Å². The molecule has 0 unspecified atom stereocenters. The molecule has 0 amide bonds. The summed E-state index contributed by atoms with van der Waals surface area (Å²) in [6.07, 6.45) is 7.17. The van der Waals surface area contributed by atoms with Crippen molar-refractivity contribution >= 4 is 11.6 Å². The van der Waals surface area contributed by atoms with Crippen molar-refractivity contribution in [2.45, 2.75) is 39.2 Å². The topological polar surface area (TPSA) is 67.1 Å². The highest BCUT2D eigenvalue weighted by Gasteiger charge is 2.18. The van der Waals surface area contributed by atoms with Gasteiger partial charge in [0.25, 0.3) is 0 Å². The third-order valence-electron chi connectivity index (χ3n) is 2.93. The van der Waals surface area contributed by atoms with Crippen LogP contribution in [0.4, 0.5) is 11.6 Å². The molecule has 1 aliphatic rings. The Bertz CT molecular complexity index is 317. The molecule has 1 aromatic heterocycles. The number of hydrogen-bond acceptors (Lipinski definition) is 5. The van der Waals surface area contributed by atoms with Gasteiger partial charge in [0.05, 0.1) is 18.1 Å². The van der Waals surface area contributed by atoms with Crippen molar-refractivity contribution in [1.29, 1.82) is 0 Å². The van der Waals surface area contributed by atoms with Crippen LogP contribution < -0.4 is 16.0 Å². The average Bonchev–Trinajstić information content (AvgIpc) is 2.41. The van der Waals surface area contributed by atoms with Gasteiger partial charge in [-0.25, -0.2) is 9.97 Å². The Labute approximate surface area is 110 Å². The zero-order valence-electron chi connectivity index (χ0n) is 11.7. The number of piperidine rings is 1. The van der Waals surface area contributed by atoms with Crippen LogP contribution in [0.25, 0.3) is 0 Å². The van der Waals surface area contributed by atoms with Crippen LogP contribution in [0.2, 0.25) is 0 Å². The summed E-state index contributed by atoms with van der Waals surface area (Å²) in [7, 11) is 2.02. The van der Waals surface area contributed by atoms with E-state index in [4.69, 9.17) is 5.73 Å². The summed E-state index contributed by atoms with van der Waals surface area (Å²) in [5.74, 6) is 0.337. The van der Waals surface area contributed by atoms with E-state index in [1.54, 1.807) is 12.4 Å². The van der Waals surface area contributed by atoms with Gasteiger partial charge in [0.2, 0.25) is 5.95 Å². The summed E-state index contributed by atoms with van der Waals surface area (Å²) in [5, 5.41) is 3.31. The quantitative estimate of drug-likeness (QED) is 0.837. The van der Waals surface area contributed by atoms with Crippen LogP contribution in [0.1, 0.15) is 33.1 Å². The number of rotatable bonds is 2. The van der Waals surface area contributed by atoms with E-state index in [0.29, 0.717) is 12.0 Å². The third-order valence-corrected chi connectivity index (χ3v) is 2.93. The molecule has 1 saturated heterocycles. The Morgan fingerprint density at radius 1 is 1.28 bits per heavy atom. The minimum absolute atomic E-state index is 0.337. The lowest BCUT2D eigenvalue weighted by Crippen LogP contribution is -2.41. The Hall–Kier alpha value is -1.36. The molecular formula is C13H25N5. The van der Waals surface area contributed by atoms with E-state index in [0.717, 1.165) is 18.8 Å². The monoisotopic (exact) mass is 251 g/mol. The third kappa shape index (κ3) is 4.49. The molecule has 0 radical (unpaired) electrons. The fourth-order valence-electron chi connectivity index (χ4n) is 1.92. The van der Waals surface area contributed by atoms with Gasteiger partial charge in [0.15, 0.2) is 0 Å². The maximum Gasteiger partial charge on any atom is 0.220 e. The molecule has 18 heavy (non-hydrogen) atoms. The molecule has 2 heterocycles. The molecule has 102 valence electrons. The molecule has 3 N–H and O–H groups in total. The van der Waals surface area contributed by atoms with Crippen molar-refractivity contribution in [2.24, 2.45) is 0 Å². The molecule has 1 aliphatic heterocycles. The highest BCUT2D eigenvalue weighted by Crippen LogP contribution is 2.18. The predicted octanol–water partition coefficient (Wildman–Crippen LogP) is 1.66. The van der Waals surface area contributed by atoms with Crippen LogP contribution in [0, 0.1) is 0 Å². The second-order valence-electron chi connectivity index (χ2n) is 4.56. The summed E-state index contributed by atoms with van der Waals surface area (Å²) in [5.41, 5.74) is 6.52. The number of anilines is 2. The molecule has 1 fully saturated rings. The van der Waals surface area contributed by atoms with Gasteiger partial charge < -0.3 is 16.0 Å². The smallest absolute Gasteiger partial charge is 0.220 e. The van der Waals surface area contributed by atoms with Crippen LogP contribution in [0.5, 0.6) is 0 Å². The highest BCUT2D eigenvalue weighted by molar-refractivity contribution is 5.44. The molecule has 0 atom stereocenters. The first-order chi connectivity index (χ1) is 8.71. The molecular weight excluding hydrogens is 226 g/mol. The maximum absolute atomic E-state index is 5.45. The molecule has 0 aliphatic carbocycles. The fraction of sp³-hybridized carbons (Fsp3) is 0.692. The van der Waals surface area contributed by atoms with Crippen molar-refractivity contribution < 1.29 is 0 Å². The van der Waals surface area contributed by atoms with Gasteiger partial charge >= 0.3 is 0 Å². The van der Waals surface area contributed by atoms with Crippen LogP contribution >= 0.6 is 0 Å². The SMILES string of the molecule is CCC.CNC1CCN(c2cnc(N)nc2)CC1. The van der Waals surface area contributed by atoms with Gasteiger partial charge in [-0.05, 0) is 19.9 Å². The molecule has 0 aromatic carbocycles. The first kappa shape index (κ1) is 14.7. The van der Waals surface area contributed by atoms with Gasteiger partial charge in [-0.3, -0.25) is 0 Å². The van der Waals surface area contributed by atoms with Crippen LogP contribution in [-0.2, 0) is 0 Å². The summed E-state index contributed by atoms with van der Waals surface area (Å²) >= 11 is 0. The number of nitrogens with one attached hydrogen (secondary N) is 1. The first-order valence-corrected chi connectivity index (χ1v) is 6.71. The van der Waals surface area contributed by atoms with E-state index >= 15 is 0 Å². The lowest BCUT2D eigenvalue weighted by Gasteiger charge is -2.32. The van der Waals surface area contributed by atoms with E-state index in [1.165, 1.54) is 19.3 Å². The van der Waals surface area contributed by atoms with Crippen LogP contribution in [0.15, 0.2) is 12.4 Å². The summed E-state index contributed by atoms with van der Waals surface area (Å²) in [4.78, 5) is 10.3. The van der Waals surface area contributed by atoms with E-state index in [1.807, 2.05) is 7.05 Å². The fourth-order valence-corrected chi connectivity index (χ4v) is 1.92. The zero-order chi connectivity index (χ0) is 13.4. The Kier molecular flexibility index (Phi) is 6.43. The zero-order valence-corrected chi connectivity index (χ0v) is 11.7. The van der Waals surface area contributed by atoms with Gasteiger partial charge in [-0.15, -0.1) is 0 Å². The standard InChI is InChI=1S/C10H17N5.C3H8/c1-12-8-2-4-15(5-3-8)9-6-13-10(11)14-7-9;1-3-2/h6-8,12H,2-5H2,1H3,(H2,11,13,14);3H2,1-2H3. The largest absolute Gasteiger partial charge is 0.369 e. The predicted molar refractivity (Wildman–Crippen MR) is 76.7 cm³/mol. The second kappa shape index (κ2) is 7.87. The summed E-state index contributed by atoms with van der Waals surface area (Å²) < 4.78 is 0. The van der Waals surface area contributed by atoms with Gasteiger partial charge in [-0.2, -0.15) is 0 Å². The number of aromatic nitrogens is 2. The van der Waals surface area contributed by atoms with Crippen molar-refractivity contribution in [3.8, 4) is 0 Å². The molecule has 0 spiro atoms. The van der Waals surface area contributed by atoms with Crippen LogP contribution in [0.3, 0.4) is 0 Å². The average molecular weight is 251 g/mol.